The molecule has 0 aliphatic carbocycles. The molecule has 0 radical (unpaired) electrons. The van der Waals surface area contributed by atoms with E-state index in [0.29, 0.717) is 4.91 Å². The zero-order valence-corrected chi connectivity index (χ0v) is 15.4. The Morgan fingerprint density at radius 1 is 1.17 bits per heavy atom. The number of hydrogen-bond donors (Lipinski definition) is 1. The highest BCUT2D eigenvalue weighted by Gasteiger charge is 2.34. The average molecular weight is 403 g/mol. The first-order chi connectivity index (χ1) is 11.5. The summed E-state index contributed by atoms with van der Waals surface area (Å²) >= 11 is 4.38. The molecule has 1 aliphatic heterocycles. The molecule has 2 aromatic carbocycles. The van der Waals surface area contributed by atoms with Gasteiger partial charge >= 0.3 is 0 Å². The number of thioether (sulfide) groups is 1. The van der Waals surface area contributed by atoms with Crippen LogP contribution in [0.4, 0.5) is 10.5 Å². The fraction of sp³-hybridized carbons (Fsp3) is 0.111. The highest BCUT2D eigenvalue weighted by Crippen LogP contribution is 2.32. The number of carbonyl (C=O) groups is 2. The SMILES string of the molecule is Cc1cc(Br)ccc1NCN1C(=O)S/C(=C/c2ccccc2)C1=O. The monoisotopic (exact) mass is 402 g/mol. The van der Waals surface area contributed by atoms with Crippen LogP contribution in [0.15, 0.2) is 57.9 Å². The summed E-state index contributed by atoms with van der Waals surface area (Å²) in [6.07, 6.45) is 1.75. The molecule has 1 fully saturated rings. The predicted molar refractivity (Wildman–Crippen MR) is 102 cm³/mol. The molecule has 1 N–H and O–H groups in total. The molecule has 1 saturated heterocycles. The third-order valence-corrected chi connectivity index (χ3v) is 4.99. The van der Waals surface area contributed by atoms with Gasteiger partial charge in [-0.2, -0.15) is 0 Å². The molecule has 24 heavy (non-hydrogen) atoms. The van der Waals surface area contributed by atoms with E-state index < -0.39 is 0 Å². The van der Waals surface area contributed by atoms with Crippen LogP contribution in [-0.4, -0.2) is 22.7 Å². The summed E-state index contributed by atoms with van der Waals surface area (Å²) in [5, 5.41) is 2.89. The van der Waals surface area contributed by atoms with Crippen LogP contribution in [0.1, 0.15) is 11.1 Å². The highest BCUT2D eigenvalue weighted by molar-refractivity contribution is 9.10. The number of anilines is 1. The molecule has 0 unspecified atom stereocenters. The molecule has 0 spiro atoms. The normalized spacial score (nSPS) is 16.1. The molecule has 0 aromatic heterocycles. The molecule has 0 bridgehead atoms. The zero-order chi connectivity index (χ0) is 17.1. The smallest absolute Gasteiger partial charge is 0.295 e. The van der Waals surface area contributed by atoms with Crippen molar-refractivity contribution in [2.24, 2.45) is 0 Å². The van der Waals surface area contributed by atoms with Gasteiger partial charge in [-0.25, -0.2) is 0 Å². The zero-order valence-electron chi connectivity index (χ0n) is 13.0. The number of benzene rings is 2. The Kier molecular flexibility index (Phi) is 5.06. The van der Waals surface area contributed by atoms with E-state index in [-0.39, 0.29) is 17.8 Å². The van der Waals surface area contributed by atoms with Gasteiger partial charge in [0, 0.05) is 10.2 Å². The van der Waals surface area contributed by atoms with Gasteiger partial charge in [0.1, 0.15) is 0 Å². The maximum absolute atomic E-state index is 12.4. The number of halogens is 1. The second kappa shape index (κ2) is 7.23. The minimum absolute atomic E-state index is 0.152. The largest absolute Gasteiger partial charge is 0.367 e. The van der Waals surface area contributed by atoms with Crippen molar-refractivity contribution < 1.29 is 9.59 Å². The Morgan fingerprint density at radius 2 is 1.92 bits per heavy atom. The van der Waals surface area contributed by atoms with E-state index in [0.717, 1.165) is 33.0 Å². The van der Waals surface area contributed by atoms with Crippen molar-refractivity contribution in [3.8, 4) is 0 Å². The van der Waals surface area contributed by atoms with Gasteiger partial charge in [-0.15, -0.1) is 0 Å². The Morgan fingerprint density at radius 3 is 2.62 bits per heavy atom. The van der Waals surface area contributed by atoms with Gasteiger partial charge in [-0.1, -0.05) is 46.3 Å². The van der Waals surface area contributed by atoms with Crippen molar-refractivity contribution in [3.05, 3.63) is 69.0 Å². The molecule has 1 aliphatic rings. The van der Waals surface area contributed by atoms with Crippen LogP contribution in [-0.2, 0) is 4.79 Å². The van der Waals surface area contributed by atoms with E-state index in [1.165, 1.54) is 4.90 Å². The van der Waals surface area contributed by atoms with Crippen molar-refractivity contribution in [1.82, 2.24) is 4.90 Å². The summed E-state index contributed by atoms with van der Waals surface area (Å²) in [5.74, 6) is -0.267. The minimum atomic E-state index is -0.267. The molecule has 2 amide bonds. The Bertz CT molecular complexity index is 821. The molecule has 4 nitrogen and oxygen atoms in total. The van der Waals surface area contributed by atoms with E-state index in [1.54, 1.807) is 6.08 Å². The second-order valence-corrected chi connectivity index (χ2v) is 7.22. The summed E-state index contributed by atoms with van der Waals surface area (Å²) in [6.45, 7) is 2.12. The van der Waals surface area contributed by atoms with Crippen LogP contribution in [0, 0.1) is 6.92 Å². The summed E-state index contributed by atoms with van der Waals surface area (Å²) in [7, 11) is 0. The lowest BCUT2D eigenvalue weighted by molar-refractivity contribution is -0.122. The Hall–Kier alpha value is -2.05. The molecule has 1 heterocycles. The second-order valence-electron chi connectivity index (χ2n) is 5.31. The number of amides is 2. The topological polar surface area (TPSA) is 49.4 Å². The van der Waals surface area contributed by atoms with Gasteiger partial charge in [-0.3, -0.25) is 14.5 Å². The maximum Gasteiger partial charge on any atom is 0.295 e. The van der Waals surface area contributed by atoms with E-state index in [4.69, 9.17) is 0 Å². The Labute approximate surface area is 153 Å². The van der Waals surface area contributed by atoms with Gasteiger partial charge in [0.2, 0.25) is 0 Å². The molecular formula is C18H15BrN2O2S. The quantitative estimate of drug-likeness (QED) is 0.741. The molecule has 6 heteroatoms. The number of carbonyl (C=O) groups excluding carboxylic acids is 2. The lowest BCUT2D eigenvalue weighted by Gasteiger charge is -2.16. The molecular weight excluding hydrogens is 388 g/mol. The minimum Gasteiger partial charge on any atom is -0.367 e. The fourth-order valence-corrected chi connectivity index (χ4v) is 3.64. The number of hydrogen-bond acceptors (Lipinski definition) is 4. The average Bonchev–Trinajstić information content (AvgIpc) is 2.82. The molecule has 3 rings (SSSR count). The van der Waals surface area contributed by atoms with Gasteiger partial charge < -0.3 is 5.32 Å². The lowest BCUT2D eigenvalue weighted by atomic mass is 10.2. The van der Waals surface area contributed by atoms with E-state index in [9.17, 15) is 9.59 Å². The lowest BCUT2D eigenvalue weighted by Crippen LogP contribution is -2.33. The van der Waals surface area contributed by atoms with Crippen molar-refractivity contribution in [3.63, 3.8) is 0 Å². The predicted octanol–water partition coefficient (Wildman–Crippen LogP) is 4.86. The molecule has 2 aromatic rings. The first-order valence-electron chi connectivity index (χ1n) is 7.35. The van der Waals surface area contributed by atoms with Crippen LogP contribution in [0.3, 0.4) is 0 Å². The highest BCUT2D eigenvalue weighted by atomic mass is 79.9. The van der Waals surface area contributed by atoms with Gasteiger partial charge in [-0.05, 0) is 54.1 Å². The Balaban J connectivity index is 1.72. The number of rotatable bonds is 4. The van der Waals surface area contributed by atoms with Crippen molar-refractivity contribution in [2.75, 3.05) is 12.0 Å². The summed E-state index contributed by atoms with van der Waals surface area (Å²) in [5.41, 5.74) is 2.83. The number of nitrogens with zero attached hydrogens (tertiary/aromatic N) is 1. The summed E-state index contributed by atoms with van der Waals surface area (Å²) in [6, 6.07) is 15.3. The first kappa shape index (κ1) is 16.8. The third-order valence-electron chi connectivity index (χ3n) is 3.59. The van der Waals surface area contributed by atoms with Crippen molar-refractivity contribution in [2.45, 2.75) is 6.92 Å². The number of nitrogens with one attached hydrogen (secondary N) is 1. The number of imide groups is 1. The standard InChI is InChI=1S/C18H15BrN2O2S/c1-12-9-14(19)7-8-15(12)20-11-21-17(22)16(24-18(21)23)10-13-5-3-2-4-6-13/h2-10,20H,11H2,1H3/b16-10+. The fourth-order valence-electron chi connectivity index (χ4n) is 2.33. The van der Waals surface area contributed by atoms with Crippen LogP contribution >= 0.6 is 27.7 Å². The van der Waals surface area contributed by atoms with Gasteiger partial charge in [0.15, 0.2) is 0 Å². The maximum atomic E-state index is 12.4. The van der Waals surface area contributed by atoms with Crippen molar-refractivity contribution >= 4 is 50.6 Å². The molecule has 0 saturated carbocycles. The van der Waals surface area contributed by atoms with E-state index in [2.05, 4.69) is 21.2 Å². The van der Waals surface area contributed by atoms with Crippen LogP contribution in [0.5, 0.6) is 0 Å². The van der Waals surface area contributed by atoms with Crippen LogP contribution < -0.4 is 5.32 Å². The van der Waals surface area contributed by atoms with Gasteiger partial charge in [0.05, 0.1) is 11.6 Å². The molecule has 0 atom stereocenters. The number of aryl methyl sites for hydroxylation is 1. The van der Waals surface area contributed by atoms with Gasteiger partial charge in [0.25, 0.3) is 11.1 Å². The van der Waals surface area contributed by atoms with Crippen molar-refractivity contribution in [1.29, 1.82) is 0 Å². The first-order valence-corrected chi connectivity index (χ1v) is 8.96. The third kappa shape index (κ3) is 3.71. The summed E-state index contributed by atoms with van der Waals surface area (Å²) in [4.78, 5) is 26.2. The van der Waals surface area contributed by atoms with E-state index >= 15 is 0 Å². The van der Waals surface area contributed by atoms with Crippen LogP contribution in [0.2, 0.25) is 0 Å². The molecule has 122 valence electrons. The van der Waals surface area contributed by atoms with Crippen LogP contribution in [0.25, 0.3) is 6.08 Å². The summed E-state index contributed by atoms with van der Waals surface area (Å²) < 4.78 is 0.988. The van der Waals surface area contributed by atoms with E-state index in [1.807, 2.05) is 55.5 Å².